The topological polar surface area (TPSA) is 111 Å². The molecule has 18 heavy (non-hydrogen) atoms. The van der Waals surface area contributed by atoms with Crippen molar-refractivity contribution >= 4 is 21.7 Å². The van der Waals surface area contributed by atoms with Crippen LogP contribution in [0.2, 0.25) is 0 Å². The maximum atomic E-state index is 11.9. The molecule has 4 N–H and O–H groups in total. The summed E-state index contributed by atoms with van der Waals surface area (Å²) in [6.07, 6.45) is 0. The van der Waals surface area contributed by atoms with Gasteiger partial charge in [0.2, 0.25) is 0 Å². The summed E-state index contributed by atoms with van der Waals surface area (Å²) in [5.74, 6) is 0.112. The highest BCUT2D eigenvalue weighted by Crippen LogP contribution is 2.25. The van der Waals surface area contributed by atoms with Crippen LogP contribution >= 0.6 is 0 Å². The second kappa shape index (κ2) is 5.58. The second-order valence-electron chi connectivity index (χ2n) is 3.38. The lowest BCUT2D eigenvalue weighted by Crippen LogP contribution is -2.39. The first-order chi connectivity index (χ1) is 8.40. The molecule has 7 nitrogen and oxygen atoms in total. The zero-order valence-electron chi connectivity index (χ0n) is 10.1. The fourth-order valence-corrected chi connectivity index (χ4v) is 2.41. The Morgan fingerprint density at radius 3 is 2.67 bits per heavy atom. The molecule has 1 aromatic carbocycles. The van der Waals surface area contributed by atoms with Crippen molar-refractivity contribution in [2.45, 2.75) is 11.8 Å². The monoisotopic (exact) mass is 273 g/mol. The molecule has 1 aromatic rings. The molecule has 0 bridgehead atoms. The molecule has 0 atom stereocenters. The van der Waals surface area contributed by atoms with E-state index in [4.69, 9.17) is 10.5 Å². The van der Waals surface area contributed by atoms with E-state index < -0.39 is 16.1 Å². The number of ether oxygens (including phenoxy) is 1. The predicted molar refractivity (Wildman–Crippen MR) is 66.8 cm³/mol. The average molecular weight is 273 g/mol. The molecule has 8 heteroatoms. The van der Waals surface area contributed by atoms with Gasteiger partial charge in [0, 0.05) is 12.2 Å². The number of nitrogens with one attached hydrogen (secondary N) is 2. The van der Waals surface area contributed by atoms with E-state index >= 15 is 0 Å². The molecule has 0 aromatic heterocycles. The third-order valence-electron chi connectivity index (χ3n) is 2.04. The van der Waals surface area contributed by atoms with Gasteiger partial charge < -0.3 is 15.8 Å². The van der Waals surface area contributed by atoms with Crippen LogP contribution in [0.15, 0.2) is 23.1 Å². The Hall–Kier alpha value is -1.96. The van der Waals surface area contributed by atoms with Crippen LogP contribution < -0.4 is 20.5 Å². The van der Waals surface area contributed by atoms with Crippen LogP contribution in [-0.2, 0) is 10.0 Å². The van der Waals surface area contributed by atoms with Gasteiger partial charge in [0.1, 0.15) is 10.6 Å². The van der Waals surface area contributed by atoms with Crippen LogP contribution in [0.3, 0.4) is 0 Å². The Balaban J connectivity index is 3.11. The third-order valence-corrected chi connectivity index (χ3v) is 3.39. The summed E-state index contributed by atoms with van der Waals surface area (Å²) < 4.78 is 30.7. The summed E-state index contributed by atoms with van der Waals surface area (Å²) in [6.45, 7) is 1.99. The number of urea groups is 1. The van der Waals surface area contributed by atoms with Crippen molar-refractivity contribution in [3.8, 4) is 5.75 Å². The molecule has 0 spiro atoms. The molecule has 0 unspecified atom stereocenters. The minimum atomic E-state index is -4.01. The van der Waals surface area contributed by atoms with E-state index in [1.165, 1.54) is 25.3 Å². The number of carbonyl (C=O) groups excluding carboxylic acids is 1. The van der Waals surface area contributed by atoms with Gasteiger partial charge in [-0.3, -0.25) is 0 Å². The molecule has 0 aliphatic carbocycles. The van der Waals surface area contributed by atoms with Crippen LogP contribution in [0.1, 0.15) is 6.92 Å². The lowest BCUT2D eigenvalue weighted by atomic mass is 10.3. The van der Waals surface area contributed by atoms with E-state index in [1.807, 2.05) is 4.72 Å². The van der Waals surface area contributed by atoms with Crippen LogP contribution in [-0.4, -0.2) is 28.1 Å². The van der Waals surface area contributed by atoms with Gasteiger partial charge >= 0.3 is 6.03 Å². The Morgan fingerprint density at radius 2 is 2.11 bits per heavy atom. The number of amides is 2. The second-order valence-corrected chi connectivity index (χ2v) is 5.03. The van der Waals surface area contributed by atoms with Crippen molar-refractivity contribution < 1.29 is 17.9 Å². The highest BCUT2D eigenvalue weighted by molar-refractivity contribution is 7.90. The summed E-state index contributed by atoms with van der Waals surface area (Å²) >= 11 is 0. The van der Waals surface area contributed by atoms with E-state index in [0.29, 0.717) is 6.54 Å². The molecule has 2 amide bonds. The van der Waals surface area contributed by atoms with Crippen molar-refractivity contribution in [2.24, 2.45) is 0 Å². The van der Waals surface area contributed by atoms with Crippen LogP contribution in [0.25, 0.3) is 0 Å². The predicted octanol–water partition coefficient (Wildman–Crippen LogP) is 0.285. The maximum Gasteiger partial charge on any atom is 0.328 e. The normalized spacial score (nSPS) is 10.8. The summed E-state index contributed by atoms with van der Waals surface area (Å²) in [4.78, 5) is 11.1. The van der Waals surface area contributed by atoms with Gasteiger partial charge in [-0.05, 0) is 25.1 Å². The summed E-state index contributed by atoms with van der Waals surface area (Å²) in [5.41, 5.74) is 5.78. The largest absolute Gasteiger partial charge is 0.495 e. The maximum absolute atomic E-state index is 11.9. The van der Waals surface area contributed by atoms with Gasteiger partial charge in [0.25, 0.3) is 10.0 Å². The zero-order valence-corrected chi connectivity index (χ0v) is 10.9. The number of sulfonamides is 1. The number of anilines is 1. The Labute approximate surface area is 105 Å². The van der Waals surface area contributed by atoms with Crippen molar-refractivity contribution in [2.75, 3.05) is 19.4 Å². The van der Waals surface area contributed by atoms with Gasteiger partial charge in [0.15, 0.2) is 0 Å². The van der Waals surface area contributed by atoms with Gasteiger partial charge in [0.05, 0.1) is 7.11 Å². The van der Waals surface area contributed by atoms with Gasteiger partial charge in [-0.2, -0.15) is 0 Å². The molecule has 0 aliphatic rings. The first-order valence-electron chi connectivity index (χ1n) is 5.15. The molecule has 0 heterocycles. The number of hydrogen-bond donors (Lipinski definition) is 3. The standard InChI is InChI=1S/C10H15N3O4S/c1-3-12-10(14)13-18(15,16)9-6-7(11)4-5-8(9)17-2/h4-6H,3,11H2,1-2H3,(H2,12,13,14). The van der Waals surface area contributed by atoms with Crippen LogP contribution in [0.4, 0.5) is 10.5 Å². The van der Waals surface area contributed by atoms with Gasteiger partial charge in [-0.15, -0.1) is 0 Å². The van der Waals surface area contributed by atoms with Crippen LogP contribution in [0, 0.1) is 0 Å². The minimum Gasteiger partial charge on any atom is -0.495 e. The van der Waals surface area contributed by atoms with Crippen molar-refractivity contribution in [3.05, 3.63) is 18.2 Å². The zero-order chi connectivity index (χ0) is 13.8. The first-order valence-corrected chi connectivity index (χ1v) is 6.63. The fourth-order valence-electron chi connectivity index (χ4n) is 1.28. The van der Waals surface area contributed by atoms with Crippen LogP contribution in [0.5, 0.6) is 5.75 Å². The number of carbonyl (C=O) groups is 1. The molecule has 0 saturated carbocycles. The number of nitrogen functional groups attached to an aromatic ring is 1. The van der Waals surface area contributed by atoms with E-state index in [9.17, 15) is 13.2 Å². The molecule has 1 rings (SSSR count). The SMILES string of the molecule is CCNC(=O)NS(=O)(=O)c1cc(N)ccc1OC. The minimum absolute atomic E-state index is 0.112. The molecule has 0 radical (unpaired) electrons. The lowest BCUT2D eigenvalue weighted by molar-refractivity contribution is 0.246. The quantitative estimate of drug-likeness (QED) is 0.683. The molecule has 0 saturated heterocycles. The lowest BCUT2D eigenvalue weighted by Gasteiger charge is -2.11. The summed E-state index contributed by atoms with van der Waals surface area (Å²) in [7, 11) is -2.68. The van der Waals surface area contributed by atoms with Gasteiger partial charge in [-0.25, -0.2) is 17.9 Å². The molecular formula is C10H15N3O4S. The number of benzene rings is 1. The summed E-state index contributed by atoms with van der Waals surface area (Å²) in [6, 6.07) is 3.34. The fraction of sp³-hybridized carbons (Fsp3) is 0.300. The molecule has 100 valence electrons. The van der Waals surface area contributed by atoms with Gasteiger partial charge in [-0.1, -0.05) is 0 Å². The number of rotatable bonds is 4. The van der Waals surface area contributed by atoms with Crippen molar-refractivity contribution in [1.29, 1.82) is 0 Å². The molecule has 0 fully saturated rings. The van der Waals surface area contributed by atoms with Crippen molar-refractivity contribution in [3.63, 3.8) is 0 Å². The molecule has 0 aliphatic heterocycles. The van der Waals surface area contributed by atoms with E-state index in [2.05, 4.69) is 5.32 Å². The molecular weight excluding hydrogens is 258 g/mol. The van der Waals surface area contributed by atoms with E-state index in [1.54, 1.807) is 6.92 Å². The van der Waals surface area contributed by atoms with E-state index in [0.717, 1.165) is 0 Å². The Morgan fingerprint density at radius 1 is 1.44 bits per heavy atom. The highest BCUT2D eigenvalue weighted by Gasteiger charge is 2.22. The Kier molecular flexibility index (Phi) is 4.38. The smallest absolute Gasteiger partial charge is 0.328 e. The average Bonchev–Trinajstić information content (AvgIpc) is 2.28. The first kappa shape index (κ1) is 14.1. The number of nitrogens with two attached hydrogens (primary N) is 1. The number of methoxy groups -OCH3 is 1. The number of hydrogen-bond acceptors (Lipinski definition) is 5. The van der Waals surface area contributed by atoms with Crippen molar-refractivity contribution in [1.82, 2.24) is 10.0 Å². The third kappa shape index (κ3) is 3.27. The highest BCUT2D eigenvalue weighted by atomic mass is 32.2. The van der Waals surface area contributed by atoms with E-state index in [-0.39, 0.29) is 16.3 Å². The Bertz CT molecular complexity index is 542. The summed E-state index contributed by atoms with van der Waals surface area (Å²) in [5, 5.41) is 2.32.